The number of benzene rings is 2. The molecule has 3 rings (SSSR count). The monoisotopic (exact) mass is 435 g/mol. The van der Waals surface area contributed by atoms with E-state index in [-0.39, 0.29) is 17.2 Å². The molecule has 7 nitrogen and oxygen atoms in total. The SMILES string of the molecule is CCCCCCn1nc(C(=O)OC(C(=O)N(C)C)c2ccccc2)c2ccccc2c1=O. The summed E-state index contributed by atoms with van der Waals surface area (Å²) in [5.41, 5.74) is 0.359. The number of esters is 1. The van der Waals surface area contributed by atoms with E-state index in [1.807, 2.05) is 6.07 Å². The number of carbonyl (C=O) groups is 2. The number of nitrogens with zero attached hydrogens (tertiary/aromatic N) is 3. The molecule has 0 radical (unpaired) electrons. The molecular weight excluding hydrogens is 406 g/mol. The van der Waals surface area contributed by atoms with Gasteiger partial charge in [0.1, 0.15) is 0 Å². The normalized spacial score (nSPS) is 11.8. The van der Waals surface area contributed by atoms with Crippen molar-refractivity contribution in [2.45, 2.75) is 45.3 Å². The van der Waals surface area contributed by atoms with Gasteiger partial charge in [-0.05, 0) is 12.5 Å². The Bertz CT molecular complexity index is 1140. The molecule has 32 heavy (non-hydrogen) atoms. The topological polar surface area (TPSA) is 81.5 Å². The number of carbonyl (C=O) groups excluding carboxylic acids is 2. The van der Waals surface area contributed by atoms with Crippen molar-refractivity contribution < 1.29 is 14.3 Å². The molecule has 1 heterocycles. The largest absolute Gasteiger partial charge is 0.442 e. The Hall–Kier alpha value is -3.48. The second-order valence-corrected chi connectivity index (χ2v) is 7.91. The van der Waals surface area contributed by atoms with E-state index < -0.39 is 12.1 Å². The Morgan fingerprint density at radius 2 is 1.62 bits per heavy atom. The van der Waals surface area contributed by atoms with E-state index in [0.29, 0.717) is 22.9 Å². The summed E-state index contributed by atoms with van der Waals surface area (Å²) in [6, 6.07) is 15.7. The van der Waals surface area contributed by atoms with Crippen molar-refractivity contribution in [2.24, 2.45) is 0 Å². The summed E-state index contributed by atoms with van der Waals surface area (Å²) in [5, 5.41) is 5.17. The lowest BCUT2D eigenvalue weighted by Gasteiger charge is -2.21. The standard InChI is InChI=1S/C25H29N3O4/c1-4-5-6-12-17-28-23(29)20-16-11-10-15-19(20)21(26-28)25(31)32-22(24(30)27(2)3)18-13-8-7-9-14-18/h7-11,13-16,22H,4-6,12,17H2,1-3H3. The molecule has 1 atom stereocenters. The number of likely N-dealkylation sites (N-methyl/N-ethyl adjacent to an activating group) is 1. The minimum absolute atomic E-state index is 0.0307. The number of ether oxygens (including phenoxy) is 1. The lowest BCUT2D eigenvalue weighted by Crippen LogP contribution is -2.32. The number of hydrogen-bond acceptors (Lipinski definition) is 5. The molecule has 1 amide bonds. The van der Waals surface area contributed by atoms with Crippen molar-refractivity contribution in [1.82, 2.24) is 14.7 Å². The molecule has 0 bridgehead atoms. The fraction of sp³-hybridized carbons (Fsp3) is 0.360. The van der Waals surface area contributed by atoms with Crippen molar-refractivity contribution in [2.75, 3.05) is 14.1 Å². The third-order valence-corrected chi connectivity index (χ3v) is 5.28. The van der Waals surface area contributed by atoms with Gasteiger partial charge in [0.25, 0.3) is 11.5 Å². The maximum atomic E-state index is 13.2. The van der Waals surface area contributed by atoms with Gasteiger partial charge in [0.15, 0.2) is 5.69 Å². The van der Waals surface area contributed by atoms with Crippen molar-refractivity contribution in [3.8, 4) is 0 Å². The van der Waals surface area contributed by atoms with Crippen LogP contribution in [0.25, 0.3) is 10.8 Å². The molecule has 0 saturated heterocycles. The van der Waals surface area contributed by atoms with Gasteiger partial charge in [-0.2, -0.15) is 5.10 Å². The summed E-state index contributed by atoms with van der Waals surface area (Å²) in [6.07, 6.45) is 2.81. The number of rotatable bonds is 9. The third-order valence-electron chi connectivity index (χ3n) is 5.28. The fourth-order valence-corrected chi connectivity index (χ4v) is 3.51. The van der Waals surface area contributed by atoms with Gasteiger partial charge in [0.05, 0.1) is 5.39 Å². The molecule has 168 valence electrons. The van der Waals surface area contributed by atoms with Crippen LogP contribution in [0.15, 0.2) is 59.4 Å². The molecule has 0 aliphatic rings. The summed E-state index contributed by atoms with van der Waals surface area (Å²) >= 11 is 0. The Morgan fingerprint density at radius 3 is 2.28 bits per heavy atom. The Morgan fingerprint density at radius 1 is 0.969 bits per heavy atom. The van der Waals surface area contributed by atoms with E-state index in [2.05, 4.69) is 12.0 Å². The smallest absolute Gasteiger partial charge is 0.360 e. The zero-order valence-corrected chi connectivity index (χ0v) is 18.8. The van der Waals surface area contributed by atoms with E-state index in [1.165, 1.54) is 9.58 Å². The number of aryl methyl sites for hydroxylation is 1. The van der Waals surface area contributed by atoms with Crippen LogP contribution < -0.4 is 5.56 Å². The zero-order chi connectivity index (χ0) is 23.1. The first-order chi connectivity index (χ1) is 15.4. The van der Waals surface area contributed by atoms with Crippen LogP contribution in [0, 0.1) is 0 Å². The second-order valence-electron chi connectivity index (χ2n) is 7.91. The quantitative estimate of drug-likeness (QED) is 0.375. The lowest BCUT2D eigenvalue weighted by atomic mass is 10.1. The summed E-state index contributed by atoms with van der Waals surface area (Å²) in [7, 11) is 3.21. The molecule has 0 spiro atoms. The number of fused-ring (bicyclic) bond motifs is 1. The van der Waals surface area contributed by atoms with E-state index in [9.17, 15) is 14.4 Å². The average Bonchev–Trinajstić information content (AvgIpc) is 2.81. The van der Waals surface area contributed by atoms with E-state index in [1.54, 1.807) is 62.6 Å². The summed E-state index contributed by atoms with van der Waals surface area (Å²) in [5.74, 6) is -1.10. The molecule has 0 fully saturated rings. The van der Waals surface area contributed by atoms with Gasteiger partial charge >= 0.3 is 5.97 Å². The van der Waals surface area contributed by atoms with Gasteiger partial charge < -0.3 is 9.64 Å². The van der Waals surface area contributed by atoms with Crippen molar-refractivity contribution >= 4 is 22.6 Å². The highest BCUT2D eigenvalue weighted by atomic mass is 16.5. The highest BCUT2D eigenvalue weighted by molar-refractivity contribution is 6.03. The molecular formula is C25H29N3O4. The average molecular weight is 436 g/mol. The molecule has 0 N–H and O–H groups in total. The molecule has 1 aromatic heterocycles. The molecule has 2 aromatic carbocycles. The first-order valence-corrected chi connectivity index (χ1v) is 10.9. The molecule has 3 aromatic rings. The van der Waals surface area contributed by atoms with Crippen LogP contribution in [-0.2, 0) is 16.1 Å². The van der Waals surface area contributed by atoms with Crippen molar-refractivity contribution in [3.05, 3.63) is 76.2 Å². The summed E-state index contributed by atoms with van der Waals surface area (Å²) < 4.78 is 7.02. The summed E-state index contributed by atoms with van der Waals surface area (Å²) in [6.45, 7) is 2.54. The molecule has 0 aliphatic heterocycles. The Kier molecular flexibility index (Phi) is 7.76. The molecule has 1 unspecified atom stereocenters. The van der Waals surface area contributed by atoms with Gasteiger partial charge in [0.2, 0.25) is 6.10 Å². The number of hydrogen-bond donors (Lipinski definition) is 0. The van der Waals surface area contributed by atoms with Gasteiger partial charge in [0, 0.05) is 31.6 Å². The Labute approximate surface area is 187 Å². The number of aromatic nitrogens is 2. The fourth-order valence-electron chi connectivity index (χ4n) is 3.51. The van der Waals surface area contributed by atoms with Crippen molar-refractivity contribution in [1.29, 1.82) is 0 Å². The predicted molar refractivity (Wildman–Crippen MR) is 123 cm³/mol. The summed E-state index contributed by atoms with van der Waals surface area (Å²) in [4.78, 5) is 40.3. The van der Waals surface area contributed by atoms with E-state index in [4.69, 9.17) is 4.74 Å². The maximum absolute atomic E-state index is 13.2. The lowest BCUT2D eigenvalue weighted by molar-refractivity contribution is -0.138. The van der Waals surface area contributed by atoms with Gasteiger partial charge in [-0.1, -0.05) is 74.7 Å². The van der Waals surface area contributed by atoms with Gasteiger partial charge in [-0.25, -0.2) is 9.48 Å². The van der Waals surface area contributed by atoms with Crippen LogP contribution in [0.3, 0.4) is 0 Å². The number of amides is 1. The van der Waals surface area contributed by atoms with Gasteiger partial charge in [-0.3, -0.25) is 9.59 Å². The maximum Gasteiger partial charge on any atom is 0.360 e. The number of unbranched alkanes of at least 4 members (excludes halogenated alkanes) is 3. The van der Waals surface area contributed by atoms with Gasteiger partial charge in [-0.15, -0.1) is 0 Å². The van der Waals surface area contributed by atoms with Crippen LogP contribution in [0.2, 0.25) is 0 Å². The van der Waals surface area contributed by atoms with Crippen LogP contribution in [0.4, 0.5) is 0 Å². The second kappa shape index (κ2) is 10.7. The molecule has 0 saturated carbocycles. The first kappa shape index (κ1) is 23.2. The van der Waals surface area contributed by atoms with Crippen molar-refractivity contribution in [3.63, 3.8) is 0 Å². The highest BCUT2D eigenvalue weighted by Crippen LogP contribution is 2.23. The minimum atomic E-state index is -1.11. The molecule has 0 aliphatic carbocycles. The molecule has 7 heteroatoms. The predicted octanol–water partition coefficient (Wildman–Crippen LogP) is 3.96. The zero-order valence-electron chi connectivity index (χ0n) is 18.8. The third kappa shape index (κ3) is 5.22. The van der Waals surface area contributed by atoms with E-state index >= 15 is 0 Å². The van der Waals surface area contributed by atoms with Crippen LogP contribution in [0.5, 0.6) is 0 Å². The first-order valence-electron chi connectivity index (χ1n) is 10.9. The van der Waals surface area contributed by atoms with Crippen LogP contribution in [0.1, 0.15) is 54.8 Å². The van der Waals surface area contributed by atoms with E-state index in [0.717, 1.165) is 25.7 Å². The van der Waals surface area contributed by atoms with Crippen LogP contribution >= 0.6 is 0 Å². The minimum Gasteiger partial charge on any atom is -0.442 e. The van der Waals surface area contributed by atoms with Crippen LogP contribution in [-0.4, -0.2) is 40.7 Å². The highest BCUT2D eigenvalue weighted by Gasteiger charge is 2.29. The Balaban J connectivity index is 1.99.